The third-order valence-corrected chi connectivity index (χ3v) is 4.89. The van der Waals surface area contributed by atoms with Gasteiger partial charge in [0.05, 0.1) is 5.69 Å². The molecule has 1 aliphatic carbocycles. The smallest absolute Gasteiger partial charge is 0.407 e. The van der Waals surface area contributed by atoms with Gasteiger partial charge in [0.2, 0.25) is 5.91 Å². The van der Waals surface area contributed by atoms with Crippen LogP contribution in [0.5, 0.6) is 0 Å². The molecule has 1 fully saturated rings. The van der Waals surface area contributed by atoms with Crippen molar-refractivity contribution < 1.29 is 23.9 Å². The minimum atomic E-state index is -0.598. The lowest BCUT2D eigenvalue weighted by Crippen LogP contribution is -2.49. The number of hydrogen-bond donors (Lipinski definition) is 2. The molecule has 0 atom stereocenters. The average molecular weight is 412 g/mol. The van der Waals surface area contributed by atoms with Crippen molar-refractivity contribution in [1.29, 1.82) is 0 Å². The molecule has 0 unspecified atom stereocenters. The van der Waals surface area contributed by atoms with Crippen LogP contribution in [0.2, 0.25) is 0 Å². The first-order valence-electron chi connectivity index (χ1n) is 9.24. The zero-order valence-electron chi connectivity index (χ0n) is 17.5. The van der Waals surface area contributed by atoms with Crippen LogP contribution in [0.1, 0.15) is 69.7 Å². The van der Waals surface area contributed by atoms with E-state index in [1.807, 2.05) is 0 Å². The third kappa shape index (κ3) is 6.47. The summed E-state index contributed by atoms with van der Waals surface area (Å²) in [6.45, 7) is 12.5. The maximum absolute atomic E-state index is 12.4. The lowest BCUT2D eigenvalue weighted by molar-refractivity contribution is -0.123. The minimum absolute atomic E-state index is 0.0824. The zero-order chi connectivity index (χ0) is 21.3. The monoisotopic (exact) mass is 411 g/mol. The van der Waals surface area contributed by atoms with Gasteiger partial charge >= 0.3 is 12.1 Å². The normalized spacial score (nSPS) is 19.4. The van der Waals surface area contributed by atoms with Crippen LogP contribution in [-0.4, -0.2) is 40.2 Å². The summed E-state index contributed by atoms with van der Waals surface area (Å²) >= 11 is 1.10. The minimum Gasteiger partial charge on any atom is -0.456 e. The number of alkyl carbamates (subject to hydrolysis) is 1. The van der Waals surface area contributed by atoms with E-state index >= 15 is 0 Å². The number of thiazole rings is 1. The van der Waals surface area contributed by atoms with Crippen molar-refractivity contribution in [3.8, 4) is 0 Å². The predicted molar refractivity (Wildman–Crippen MR) is 107 cm³/mol. The second-order valence-corrected chi connectivity index (χ2v) is 9.94. The van der Waals surface area contributed by atoms with E-state index in [2.05, 4.69) is 15.6 Å². The van der Waals surface area contributed by atoms with Crippen molar-refractivity contribution >= 4 is 34.4 Å². The third-order valence-electron chi connectivity index (χ3n) is 3.84. The fraction of sp³-hybridized carbons (Fsp3) is 0.684. The Balaban J connectivity index is 1.84. The highest BCUT2D eigenvalue weighted by Crippen LogP contribution is 2.31. The number of aromatic nitrogens is 1. The molecule has 1 heterocycles. The van der Waals surface area contributed by atoms with E-state index in [0.717, 1.165) is 11.3 Å². The summed E-state index contributed by atoms with van der Waals surface area (Å²) in [5, 5.41) is 5.88. The molecule has 0 spiro atoms. The first-order chi connectivity index (χ1) is 12.7. The highest BCUT2D eigenvalue weighted by molar-refractivity contribution is 7.17. The molecule has 8 nitrogen and oxygen atoms in total. The highest BCUT2D eigenvalue weighted by atomic mass is 32.1. The van der Waals surface area contributed by atoms with Gasteiger partial charge < -0.3 is 20.1 Å². The van der Waals surface area contributed by atoms with Gasteiger partial charge in [-0.1, -0.05) is 11.3 Å². The first kappa shape index (κ1) is 22.1. The lowest BCUT2D eigenvalue weighted by atomic mass is 9.80. The topological polar surface area (TPSA) is 107 Å². The Morgan fingerprint density at radius 1 is 1.04 bits per heavy atom. The van der Waals surface area contributed by atoms with Crippen molar-refractivity contribution in [2.75, 3.05) is 5.32 Å². The molecule has 0 radical (unpaired) electrons. The van der Waals surface area contributed by atoms with Crippen LogP contribution in [0.15, 0.2) is 0 Å². The van der Waals surface area contributed by atoms with Gasteiger partial charge in [-0.05, 0) is 61.3 Å². The number of ether oxygens (including phenoxy) is 2. The van der Waals surface area contributed by atoms with Gasteiger partial charge in [0.15, 0.2) is 5.13 Å². The van der Waals surface area contributed by atoms with E-state index in [0.29, 0.717) is 28.5 Å². The molecule has 1 aromatic rings. The SMILES string of the molecule is Cc1nc(NC(=O)C2CC(NC(=O)OC(C)(C)C)C2)sc1C(=O)OC(C)(C)C. The van der Waals surface area contributed by atoms with Gasteiger partial charge in [-0.2, -0.15) is 0 Å². The van der Waals surface area contributed by atoms with E-state index in [4.69, 9.17) is 9.47 Å². The maximum Gasteiger partial charge on any atom is 0.407 e. The van der Waals surface area contributed by atoms with E-state index in [1.54, 1.807) is 48.5 Å². The molecule has 0 bridgehead atoms. The molecule has 156 valence electrons. The maximum atomic E-state index is 12.4. The largest absolute Gasteiger partial charge is 0.456 e. The van der Waals surface area contributed by atoms with E-state index in [1.165, 1.54) is 0 Å². The summed E-state index contributed by atoms with van der Waals surface area (Å²) in [6.07, 6.45) is 0.594. The molecule has 2 N–H and O–H groups in total. The van der Waals surface area contributed by atoms with Gasteiger partial charge in [0.1, 0.15) is 16.1 Å². The van der Waals surface area contributed by atoms with Crippen molar-refractivity contribution in [2.45, 2.75) is 78.6 Å². The molecule has 1 aromatic heterocycles. The van der Waals surface area contributed by atoms with Crippen LogP contribution in [0.3, 0.4) is 0 Å². The first-order valence-corrected chi connectivity index (χ1v) is 10.1. The average Bonchev–Trinajstić information content (AvgIpc) is 2.79. The van der Waals surface area contributed by atoms with Gasteiger partial charge in [0, 0.05) is 12.0 Å². The van der Waals surface area contributed by atoms with Crippen LogP contribution in [0, 0.1) is 12.8 Å². The summed E-state index contributed by atoms with van der Waals surface area (Å²) < 4.78 is 10.6. The number of nitrogens with zero attached hydrogens (tertiary/aromatic N) is 1. The molecule has 1 saturated carbocycles. The number of aryl methyl sites for hydroxylation is 1. The molecule has 9 heteroatoms. The van der Waals surface area contributed by atoms with Crippen LogP contribution >= 0.6 is 11.3 Å². The Morgan fingerprint density at radius 2 is 1.61 bits per heavy atom. The summed E-state index contributed by atoms with van der Waals surface area (Å²) in [5.74, 6) is -0.839. The second-order valence-electron chi connectivity index (χ2n) is 8.94. The summed E-state index contributed by atoms with van der Waals surface area (Å²) in [7, 11) is 0. The highest BCUT2D eigenvalue weighted by Gasteiger charge is 2.36. The molecule has 28 heavy (non-hydrogen) atoms. The molecule has 2 amide bonds. The van der Waals surface area contributed by atoms with Gasteiger partial charge in [-0.25, -0.2) is 14.6 Å². The van der Waals surface area contributed by atoms with E-state index < -0.39 is 23.3 Å². The summed E-state index contributed by atoms with van der Waals surface area (Å²) in [4.78, 5) is 40.9. The Kier molecular flexibility index (Phi) is 6.37. The Hall–Kier alpha value is -2.16. The second kappa shape index (κ2) is 8.06. The molecule has 0 aromatic carbocycles. The molecule has 2 rings (SSSR count). The van der Waals surface area contributed by atoms with Gasteiger partial charge in [-0.3, -0.25) is 4.79 Å². The van der Waals surface area contributed by atoms with Crippen LogP contribution < -0.4 is 10.6 Å². The van der Waals surface area contributed by atoms with Crippen molar-refractivity contribution in [2.24, 2.45) is 5.92 Å². The summed E-state index contributed by atoms with van der Waals surface area (Å²) in [5.41, 5.74) is -0.634. The number of hydrogen-bond acceptors (Lipinski definition) is 7. The Bertz CT molecular complexity index is 755. The standard InChI is InChI=1S/C19H29N3O5S/c1-10-13(15(24)26-18(2,3)4)28-16(20-10)22-14(23)11-8-12(9-11)21-17(25)27-19(5,6)7/h11-12H,8-9H2,1-7H3,(H,21,25)(H,20,22,23). The number of amides is 2. The fourth-order valence-corrected chi connectivity index (χ4v) is 3.44. The quantitative estimate of drug-likeness (QED) is 0.733. The summed E-state index contributed by atoms with van der Waals surface area (Å²) in [6, 6.07) is -0.0824. The van der Waals surface area contributed by atoms with Crippen molar-refractivity contribution in [3.05, 3.63) is 10.6 Å². The fourth-order valence-electron chi connectivity index (χ4n) is 2.60. The van der Waals surface area contributed by atoms with Crippen molar-refractivity contribution in [1.82, 2.24) is 10.3 Å². The van der Waals surface area contributed by atoms with Gasteiger partial charge in [0.25, 0.3) is 0 Å². The molecular formula is C19H29N3O5S. The van der Waals surface area contributed by atoms with E-state index in [-0.39, 0.29) is 17.9 Å². The van der Waals surface area contributed by atoms with Crippen LogP contribution in [-0.2, 0) is 14.3 Å². The number of rotatable bonds is 4. The molecular weight excluding hydrogens is 382 g/mol. The molecule has 0 aliphatic heterocycles. The number of esters is 1. The van der Waals surface area contributed by atoms with E-state index in [9.17, 15) is 14.4 Å². The zero-order valence-corrected chi connectivity index (χ0v) is 18.3. The predicted octanol–water partition coefficient (Wildman–Crippen LogP) is 3.65. The lowest BCUT2D eigenvalue weighted by Gasteiger charge is -2.34. The van der Waals surface area contributed by atoms with Crippen molar-refractivity contribution in [3.63, 3.8) is 0 Å². The molecule has 1 aliphatic rings. The van der Waals surface area contributed by atoms with Crippen LogP contribution in [0.4, 0.5) is 9.93 Å². The van der Waals surface area contributed by atoms with Crippen LogP contribution in [0.25, 0.3) is 0 Å². The number of carbonyl (C=O) groups excluding carboxylic acids is 3. The Morgan fingerprint density at radius 3 is 2.14 bits per heavy atom. The Labute approximate surface area is 169 Å². The number of nitrogens with one attached hydrogen (secondary N) is 2. The number of carbonyl (C=O) groups is 3. The molecule has 0 saturated heterocycles. The van der Waals surface area contributed by atoms with Gasteiger partial charge in [-0.15, -0.1) is 0 Å². The number of anilines is 1.